The summed E-state index contributed by atoms with van der Waals surface area (Å²) in [5.41, 5.74) is 0. The molecule has 0 spiro atoms. The lowest BCUT2D eigenvalue weighted by Gasteiger charge is -2.21. The Morgan fingerprint density at radius 3 is 2.79 bits per heavy atom. The van der Waals surface area contributed by atoms with Crippen LogP contribution >= 0.6 is 0 Å². The standard InChI is InChI=1S/C10H19N3O/c1-4-12-10(14)6-8-13(3)9(2)5-7-11/h9H,4-6,8H2,1-3H3,(H,12,14). The van der Waals surface area contributed by atoms with E-state index in [0.717, 1.165) is 0 Å². The summed E-state index contributed by atoms with van der Waals surface area (Å²) in [5.74, 6) is 0.0727. The van der Waals surface area contributed by atoms with Crippen LogP contribution in [0.3, 0.4) is 0 Å². The summed E-state index contributed by atoms with van der Waals surface area (Å²) in [4.78, 5) is 13.2. The van der Waals surface area contributed by atoms with Crippen molar-refractivity contribution in [2.24, 2.45) is 0 Å². The molecule has 0 saturated carbocycles. The minimum absolute atomic E-state index is 0.0727. The molecule has 0 saturated heterocycles. The molecular formula is C10H19N3O. The number of carbonyl (C=O) groups is 1. The third-order valence-corrected chi connectivity index (χ3v) is 2.20. The lowest BCUT2D eigenvalue weighted by atomic mass is 10.2. The normalized spacial score (nSPS) is 12.2. The van der Waals surface area contributed by atoms with Crippen LogP contribution in [0.25, 0.3) is 0 Å². The Morgan fingerprint density at radius 1 is 1.64 bits per heavy atom. The lowest BCUT2D eigenvalue weighted by Crippen LogP contribution is -2.33. The van der Waals surface area contributed by atoms with Crippen molar-refractivity contribution in [3.05, 3.63) is 0 Å². The van der Waals surface area contributed by atoms with E-state index in [4.69, 9.17) is 5.26 Å². The summed E-state index contributed by atoms with van der Waals surface area (Å²) in [5, 5.41) is 11.2. The number of nitrogens with zero attached hydrogens (tertiary/aromatic N) is 2. The number of hydrogen-bond donors (Lipinski definition) is 1. The molecule has 4 heteroatoms. The lowest BCUT2D eigenvalue weighted by molar-refractivity contribution is -0.121. The number of carbonyl (C=O) groups excluding carboxylic acids is 1. The summed E-state index contributed by atoms with van der Waals surface area (Å²) in [6, 6.07) is 2.34. The van der Waals surface area contributed by atoms with Crippen LogP contribution in [0.1, 0.15) is 26.7 Å². The van der Waals surface area contributed by atoms with Crippen LogP contribution in [0.4, 0.5) is 0 Å². The van der Waals surface area contributed by atoms with E-state index in [1.807, 2.05) is 25.8 Å². The molecule has 0 bridgehead atoms. The molecule has 0 aliphatic rings. The van der Waals surface area contributed by atoms with Crippen molar-refractivity contribution in [3.8, 4) is 6.07 Å². The smallest absolute Gasteiger partial charge is 0.221 e. The Hall–Kier alpha value is -1.08. The third-order valence-electron chi connectivity index (χ3n) is 2.20. The first-order chi connectivity index (χ1) is 6.61. The third kappa shape index (κ3) is 5.55. The monoisotopic (exact) mass is 197 g/mol. The van der Waals surface area contributed by atoms with Gasteiger partial charge in [0.15, 0.2) is 0 Å². The maximum absolute atomic E-state index is 11.1. The minimum atomic E-state index is 0.0727. The number of amides is 1. The van der Waals surface area contributed by atoms with Gasteiger partial charge in [0.05, 0.1) is 12.5 Å². The highest BCUT2D eigenvalue weighted by molar-refractivity contribution is 5.75. The second kappa shape index (κ2) is 7.34. The fourth-order valence-electron chi connectivity index (χ4n) is 1.07. The predicted octanol–water partition coefficient (Wildman–Crippen LogP) is 0.747. The number of rotatable bonds is 6. The molecule has 0 fully saturated rings. The zero-order valence-corrected chi connectivity index (χ0v) is 9.21. The summed E-state index contributed by atoms with van der Waals surface area (Å²) >= 11 is 0. The zero-order valence-electron chi connectivity index (χ0n) is 9.21. The Bertz CT molecular complexity index is 210. The highest BCUT2D eigenvalue weighted by atomic mass is 16.1. The highest BCUT2D eigenvalue weighted by Crippen LogP contribution is 2.00. The van der Waals surface area contributed by atoms with Crippen LogP contribution in [-0.4, -0.2) is 37.0 Å². The number of nitrogens with one attached hydrogen (secondary N) is 1. The average Bonchev–Trinajstić information content (AvgIpc) is 2.15. The molecule has 0 aromatic rings. The minimum Gasteiger partial charge on any atom is -0.356 e. The molecule has 0 aromatic carbocycles. The molecule has 0 aliphatic carbocycles. The van der Waals surface area contributed by atoms with Crippen LogP contribution in [-0.2, 0) is 4.79 Å². The Morgan fingerprint density at radius 2 is 2.29 bits per heavy atom. The SMILES string of the molecule is CCNC(=O)CCN(C)C(C)CC#N. The average molecular weight is 197 g/mol. The topological polar surface area (TPSA) is 56.1 Å². The van der Waals surface area contributed by atoms with E-state index >= 15 is 0 Å². The first-order valence-electron chi connectivity index (χ1n) is 4.95. The van der Waals surface area contributed by atoms with Crippen molar-refractivity contribution in [2.45, 2.75) is 32.7 Å². The van der Waals surface area contributed by atoms with Crippen LogP contribution in [0.15, 0.2) is 0 Å². The van der Waals surface area contributed by atoms with Gasteiger partial charge in [0.25, 0.3) is 0 Å². The molecule has 4 nitrogen and oxygen atoms in total. The van der Waals surface area contributed by atoms with E-state index in [2.05, 4.69) is 11.4 Å². The summed E-state index contributed by atoms with van der Waals surface area (Å²) in [6.45, 7) is 5.27. The molecule has 14 heavy (non-hydrogen) atoms. The van der Waals surface area contributed by atoms with E-state index in [9.17, 15) is 4.79 Å². The van der Waals surface area contributed by atoms with Gasteiger partial charge in [-0.15, -0.1) is 0 Å². The van der Waals surface area contributed by atoms with E-state index in [0.29, 0.717) is 25.9 Å². The van der Waals surface area contributed by atoms with Gasteiger partial charge in [0.2, 0.25) is 5.91 Å². The van der Waals surface area contributed by atoms with Gasteiger partial charge in [-0.25, -0.2) is 0 Å². The van der Waals surface area contributed by atoms with Gasteiger partial charge in [-0.2, -0.15) is 5.26 Å². The fourth-order valence-corrected chi connectivity index (χ4v) is 1.07. The van der Waals surface area contributed by atoms with Crippen molar-refractivity contribution in [1.29, 1.82) is 5.26 Å². The quantitative estimate of drug-likeness (QED) is 0.683. The molecular weight excluding hydrogens is 178 g/mol. The molecule has 0 aliphatic heterocycles. The van der Waals surface area contributed by atoms with Crippen molar-refractivity contribution in [2.75, 3.05) is 20.1 Å². The molecule has 0 aromatic heterocycles. The molecule has 80 valence electrons. The van der Waals surface area contributed by atoms with Crippen LogP contribution in [0, 0.1) is 11.3 Å². The Balaban J connectivity index is 3.68. The molecule has 1 amide bonds. The van der Waals surface area contributed by atoms with Crippen molar-refractivity contribution >= 4 is 5.91 Å². The fraction of sp³-hybridized carbons (Fsp3) is 0.800. The van der Waals surface area contributed by atoms with Crippen LogP contribution in [0.5, 0.6) is 0 Å². The molecule has 1 N–H and O–H groups in total. The maximum atomic E-state index is 11.1. The van der Waals surface area contributed by atoms with Gasteiger partial charge in [0, 0.05) is 25.6 Å². The van der Waals surface area contributed by atoms with E-state index in [-0.39, 0.29) is 11.9 Å². The number of hydrogen-bond acceptors (Lipinski definition) is 3. The second-order valence-corrected chi connectivity index (χ2v) is 3.40. The van der Waals surface area contributed by atoms with Crippen LogP contribution < -0.4 is 5.32 Å². The van der Waals surface area contributed by atoms with Gasteiger partial charge in [-0.1, -0.05) is 0 Å². The van der Waals surface area contributed by atoms with Crippen molar-refractivity contribution < 1.29 is 4.79 Å². The largest absolute Gasteiger partial charge is 0.356 e. The summed E-state index contributed by atoms with van der Waals surface area (Å²) in [6.07, 6.45) is 1.01. The van der Waals surface area contributed by atoms with Gasteiger partial charge in [-0.05, 0) is 20.9 Å². The van der Waals surface area contributed by atoms with Crippen molar-refractivity contribution in [1.82, 2.24) is 10.2 Å². The highest BCUT2D eigenvalue weighted by Gasteiger charge is 2.09. The summed E-state index contributed by atoms with van der Waals surface area (Å²) < 4.78 is 0. The maximum Gasteiger partial charge on any atom is 0.221 e. The van der Waals surface area contributed by atoms with Gasteiger partial charge in [0.1, 0.15) is 0 Å². The van der Waals surface area contributed by atoms with E-state index in [1.54, 1.807) is 0 Å². The Kier molecular flexibility index (Phi) is 6.77. The van der Waals surface area contributed by atoms with Gasteiger partial charge >= 0.3 is 0 Å². The van der Waals surface area contributed by atoms with Gasteiger partial charge < -0.3 is 10.2 Å². The molecule has 0 radical (unpaired) electrons. The molecule has 0 heterocycles. The molecule has 1 unspecified atom stereocenters. The van der Waals surface area contributed by atoms with E-state index in [1.165, 1.54) is 0 Å². The molecule has 1 atom stereocenters. The second-order valence-electron chi connectivity index (χ2n) is 3.40. The molecule has 0 rings (SSSR count). The van der Waals surface area contributed by atoms with Crippen LogP contribution in [0.2, 0.25) is 0 Å². The van der Waals surface area contributed by atoms with Gasteiger partial charge in [-0.3, -0.25) is 4.79 Å². The van der Waals surface area contributed by atoms with Crippen molar-refractivity contribution in [3.63, 3.8) is 0 Å². The van der Waals surface area contributed by atoms with E-state index < -0.39 is 0 Å². The summed E-state index contributed by atoms with van der Waals surface area (Å²) in [7, 11) is 1.93. The first-order valence-corrected chi connectivity index (χ1v) is 4.95. The predicted molar refractivity (Wildman–Crippen MR) is 55.6 cm³/mol. The Labute approximate surface area is 85.9 Å². The first kappa shape index (κ1) is 12.9. The number of nitriles is 1. The zero-order chi connectivity index (χ0) is 11.0.